The average molecular weight is 346 g/mol. The molecule has 0 heterocycles. The second-order valence-electron chi connectivity index (χ2n) is 6.82. The molecule has 0 bridgehead atoms. The van der Waals surface area contributed by atoms with Gasteiger partial charge in [0.1, 0.15) is 0 Å². The molecule has 1 aliphatic carbocycles. The minimum atomic E-state index is -0.880. The molecule has 2 amide bonds. The van der Waals surface area contributed by atoms with Crippen LogP contribution in [0.2, 0.25) is 0 Å². The van der Waals surface area contributed by atoms with Gasteiger partial charge in [0.05, 0.1) is 0 Å². The third-order valence-electron chi connectivity index (χ3n) is 4.50. The Labute approximate surface area is 148 Å². The Hall–Kier alpha value is -2.37. The van der Waals surface area contributed by atoms with Gasteiger partial charge in [-0.2, -0.15) is 0 Å². The lowest BCUT2D eigenvalue weighted by molar-refractivity contribution is -0.137. The van der Waals surface area contributed by atoms with Crippen molar-refractivity contribution in [3.8, 4) is 0 Å². The molecule has 136 valence electrons. The quantitative estimate of drug-likeness (QED) is 0.707. The van der Waals surface area contributed by atoms with Crippen LogP contribution in [0.15, 0.2) is 24.3 Å². The predicted molar refractivity (Wildman–Crippen MR) is 95.4 cm³/mol. The fourth-order valence-corrected chi connectivity index (χ4v) is 3.09. The second-order valence-corrected chi connectivity index (χ2v) is 6.82. The van der Waals surface area contributed by atoms with E-state index in [0.717, 1.165) is 25.7 Å². The standard InChI is InChI=1S/C19H26N2O4/c1-13(10-17(22)23)12-20-18(24)15-8-5-9-16(11-15)21-19(25)14-6-3-2-4-7-14/h5,8-9,11,13-14H,2-4,6-7,10,12H2,1H3,(H,20,24)(H,21,25)(H,22,23). The number of rotatable bonds is 7. The highest BCUT2D eigenvalue weighted by Gasteiger charge is 2.21. The zero-order valence-electron chi connectivity index (χ0n) is 14.6. The van der Waals surface area contributed by atoms with E-state index < -0.39 is 5.97 Å². The van der Waals surface area contributed by atoms with E-state index in [2.05, 4.69) is 10.6 Å². The molecular formula is C19H26N2O4. The van der Waals surface area contributed by atoms with Crippen LogP contribution in [0, 0.1) is 11.8 Å². The van der Waals surface area contributed by atoms with E-state index in [1.165, 1.54) is 6.42 Å². The van der Waals surface area contributed by atoms with Gasteiger partial charge >= 0.3 is 5.97 Å². The molecule has 2 rings (SSSR count). The third-order valence-corrected chi connectivity index (χ3v) is 4.50. The summed E-state index contributed by atoms with van der Waals surface area (Å²) in [4.78, 5) is 35.2. The molecule has 6 nitrogen and oxygen atoms in total. The van der Waals surface area contributed by atoms with Crippen molar-refractivity contribution in [3.63, 3.8) is 0 Å². The maximum Gasteiger partial charge on any atom is 0.303 e. The van der Waals surface area contributed by atoms with Crippen molar-refractivity contribution < 1.29 is 19.5 Å². The van der Waals surface area contributed by atoms with Gasteiger partial charge in [-0.1, -0.05) is 32.3 Å². The van der Waals surface area contributed by atoms with Gasteiger partial charge in [-0.15, -0.1) is 0 Å². The molecule has 25 heavy (non-hydrogen) atoms. The van der Waals surface area contributed by atoms with E-state index in [4.69, 9.17) is 5.11 Å². The highest BCUT2D eigenvalue weighted by atomic mass is 16.4. The van der Waals surface area contributed by atoms with E-state index >= 15 is 0 Å². The van der Waals surface area contributed by atoms with Crippen molar-refractivity contribution >= 4 is 23.5 Å². The van der Waals surface area contributed by atoms with Gasteiger partial charge in [0.15, 0.2) is 0 Å². The molecule has 1 unspecified atom stereocenters. The van der Waals surface area contributed by atoms with E-state index in [-0.39, 0.29) is 30.1 Å². The lowest BCUT2D eigenvalue weighted by Crippen LogP contribution is -2.29. The van der Waals surface area contributed by atoms with Gasteiger partial charge in [-0.3, -0.25) is 14.4 Å². The van der Waals surface area contributed by atoms with E-state index in [1.54, 1.807) is 31.2 Å². The zero-order valence-corrected chi connectivity index (χ0v) is 14.6. The number of amides is 2. The maximum atomic E-state index is 12.3. The fourth-order valence-electron chi connectivity index (χ4n) is 3.09. The smallest absolute Gasteiger partial charge is 0.303 e. The molecule has 0 saturated heterocycles. The minimum absolute atomic E-state index is 0.0117. The molecule has 1 atom stereocenters. The third kappa shape index (κ3) is 6.21. The fraction of sp³-hybridized carbons (Fsp3) is 0.526. The number of aliphatic carboxylic acids is 1. The van der Waals surface area contributed by atoms with E-state index in [9.17, 15) is 14.4 Å². The van der Waals surface area contributed by atoms with Crippen LogP contribution in [0.4, 0.5) is 5.69 Å². The largest absolute Gasteiger partial charge is 0.481 e. The van der Waals surface area contributed by atoms with Crippen LogP contribution in [0.25, 0.3) is 0 Å². The van der Waals surface area contributed by atoms with Crippen LogP contribution in [0.1, 0.15) is 55.8 Å². The number of benzene rings is 1. The SMILES string of the molecule is CC(CNC(=O)c1cccc(NC(=O)C2CCCCC2)c1)CC(=O)O. The zero-order chi connectivity index (χ0) is 18.2. The lowest BCUT2D eigenvalue weighted by Gasteiger charge is -2.20. The summed E-state index contributed by atoms with van der Waals surface area (Å²) in [6, 6.07) is 6.82. The molecule has 0 spiro atoms. The Morgan fingerprint density at radius 1 is 1.20 bits per heavy atom. The normalized spacial score (nSPS) is 16.0. The summed E-state index contributed by atoms with van der Waals surface area (Å²) in [6.45, 7) is 2.07. The minimum Gasteiger partial charge on any atom is -0.481 e. The van der Waals surface area contributed by atoms with Gasteiger partial charge in [0.2, 0.25) is 5.91 Å². The molecule has 1 aromatic rings. The number of anilines is 1. The first kappa shape index (κ1) is 19.0. The molecule has 0 radical (unpaired) electrons. The van der Waals surface area contributed by atoms with Gasteiger partial charge in [-0.05, 0) is 37.0 Å². The number of hydrogen-bond donors (Lipinski definition) is 3. The molecule has 1 fully saturated rings. The van der Waals surface area contributed by atoms with Crippen LogP contribution in [0.5, 0.6) is 0 Å². The molecule has 0 aliphatic heterocycles. The molecule has 1 saturated carbocycles. The monoisotopic (exact) mass is 346 g/mol. The van der Waals surface area contributed by atoms with Gasteiger partial charge in [0.25, 0.3) is 5.91 Å². The van der Waals surface area contributed by atoms with Crippen LogP contribution < -0.4 is 10.6 Å². The molecular weight excluding hydrogens is 320 g/mol. The number of hydrogen-bond acceptors (Lipinski definition) is 3. The van der Waals surface area contributed by atoms with Crippen LogP contribution in [0.3, 0.4) is 0 Å². The van der Waals surface area contributed by atoms with Gasteiger partial charge < -0.3 is 15.7 Å². The molecule has 3 N–H and O–H groups in total. The second kappa shape index (κ2) is 9.20. The first-order valence-corrected chi connectivity index (χ1v) is 8.86. The summed E-state index contributed by atoms with van der Waals surface area (Å²) in [6.07, 6.45) is 5.24. The summed E-state index contributed by atoms with van der Waals surface area (Å²) in [7, 11) is 0. The number of carboxylic acids is 1. The molecule has 6 heteroatoms. The summed E-state index contributed by atoms with van der Waals surface area (Å²) >= 11 is 0. The number of carboxylic acid groups (broad SMARTS) is 1. The average Bonchev–Trinajstić information content (AvgIpc) is 2.60. The van der Waals surface area contributed by atoms with Crippen molar-refractivity contribution in [2.75, 3.05) is 11.9 Å². The summed E-state index contributed by atoms with van der Waals surface area (Å²) in [5.74, 6) is -1.22. The predicted octanol–water partition coefficient (Wildman–Crippen LogP) is 3.05. The van der Waals surface area contributed by atoms with Crippen molar-refractivity contribution in [2.45, 2.75) is 45.4 Å². The van der Waals surface area contributed by atoms with Crippen molar-refractivity contribution in [1.82, 2.24) is 5.32 Å². The first-order valence-electron chi connectivity index (χ1n) is 8.86. The van der Waals surface area contributed by atoms with Gasteiger partial charge in [0, 0.05) is 30.1 Å². The van der Waals surface area contributed by atoms with Crippen LogP contribution in [-0.4, -0.2) is 29.4 Å². The Morgan fingerprint density at radius 3 is 2.60 bits per heavy atom. The molecule has 0 aromatic heterocycles. The first-order chi connectivity index (χ1) is 12.0. The Kier molecular flexibility index (Phi) is 6.98. The number of nitrogens with one attached hydrogen (secondary N) is 2. The highest BCUT2D eigenvalue weighted by Crippen LogP contribution is 2.25. The van der Waals surface area contributed by atoms with Crippen LogP contribution >= 0.6 is 0 Å². The van der Waals surface area contributed by atoms with Gasteiger partial charge in [-0.25, -0.2) is 0 Å². The number of carbonyl (C=O) groups excluding carboxylic acids is 2. The lowest BCUT2D eigenvalue weighted by atomic mass is 9.88. The maximum absolute atomic E-state index is 12.3. The van der Waals surface area contributed by atoms with Crippen molar-refractivity contribution in [2.24, 2.45) is 11.8 Å². The Balaban J connectivity index is 1.90. The summed E-state index contributed by atoms with van der Waals surface area (Å²) in [5, 5.41) is 14.4. The van der Waals surface area contributed by atoms with E-state index in [1.807, 2.05) is 0 Å². The van der Waals surface area contributed by atoms with Crippen molar-refractivity contribution in [3.05, 3.63) is 29.8 Å². The molecule has 1 aromatic carbocycles. The Morgan fingerprint density at radius 2 is 1.92 bits per heavy atom. The van der Waals surface area contributed by atoms with Crippen LogP contribution in [-0.2, 0) is 9.59 Å². The number of carbonyl (C=O) groups is 3. The Bertz CT molecular complexity index is 624. The summed E-state index contributed by atoms with van der Waals surface area (Å²) in [5.41, 5.74) is 1.06. The highest BCUT2D eigenvalue weighted by molar-refractivity contribution is 5.97. The van der Waals surface area contributed by atoms with E-state index in [0.29, 0.717) is 17.8 Å². The topological polar surface area (TPSA) is 95.5 Å². The summed E-state index contributed by atoms with van der Waals surface area (Å²) < 4.78 is 0. The molecule has 1 aliphatic rings. The van der Waals surface area contributed by atoms with Crippen molar-refractivity contribution in [1.29, 1.82) is 0 Å².